The van der Waals surface area contributed by atoms with Gasteiger partial charge < -0.3 is 10.8 Å². The SMILES string of the molecule is CC1CCC(CN)(C(O)c2cnn(-c3ccccc3)c2)C1. The summed E-state index contributed by atoms with van der Waals surface area (Å²) in [5, 5.41) is 15.2. The zero-order valence-corrected chi connectivity index (χ0v) is 12.4. The smallest absolute Gasteiger partial charge is 0.0888 e. The third kappa shape index (κ3) is 2.61. The highest BCUT2D eigenvalue weighted by Crippen LogP contribution is 2.49. The Morgan fingerprint density at radius 2 is 2.19 bits per heavy atom. The number of aliphatic hydroxyl groups excluding tert-OH is 1. The lowest BCUT2D eigenvalue weighted by molar-refractivity contribution is 0.0307. The average molecular weight is 285 g/mol. The highest BCUT2D eigenvalue weighted by molar-refractivity contribution is 5.31. The van der Waals surface area contributed by atoms with Crippen LogP contribution in [0.15, 0.2) is 42.7 Å². The van der Waals surface area contributed by atoms with Gasteiger partial charge in [-0.25, -0.2) is 4.68 Å². The molecule has 0 radical (unpaired) electrons. The van der Waals surface area contributed by atoms with Crippen LogP contribution in [-0.4, -0.2) is 21.4 Å². The topological polar surface area (TPSA) is 64.1 Å². The molecule has 0 spiro atoms. The van der Waals surface area contributed by atoms with Crippen molar-refractivity contribution < 1.29 is 5.11 Å². The highest BCUT2D eigenvalue weighted by atomic mass is 16.3. The molecule has 1 fully saturated rings. The second-order valence-corrected chi connectivity index (χ2v) is 6.37. The summed E-state index contributed by atoms with van der Waals surface area (Å²) in [6.45, 7) is 2.76. The Kier molecular flexibility index (Phi) is 3.83. The zero-order valence-electron chi connectivity index (χ0n) is 12.4. The molecule has 112 valence electrons. The molecule has 1 aliphatic rings. The molecule has 0 aliphatic heterocycles. The normalized spacial score (nSPS) is 26.9. The van der Waals surface area contributed by atoms with Crippen LogP contribution in [0.5, 0.6) is 0 Å². The lowest BCUT2D eigenvalue weighted by atomic mass is 9.77. The Morgan fingerprint density at radius 3 is 2.81 bits per heavy atom. The minimum atomic E-state index is -0.537. The minimum absolute atomic E-state index is 0.191. The van der Waals surface area contributed by atoms with E-state index < -0.39 is 6.10 Å². The standard InChI is InChI=1S/C17H23N3O/c1-13-7-8-17(9-13,12-18)16(21)14-10-19-20(11-14)15-5-3-2-4-6-15/h2-6,10-11,13,16,21H,7-9,12,18H2,1H3. The molecule has 3 rings (SSSR count). The van der Waals surface area contributed by atoms with Crippen LogP contribution in [0.4, 0.5) is 0 Å². The van der Waals surface area contributed by atoms with Crippen molar-refractivity contribution in [2.75, 3.05) is 6.54 Å². The average Bonchev–Trinajstić information content (AvgIpc) is 3.15. The van der Waals surface area contributed by atoms with Gasteiger partial charge in [0.25, 0.3) is 0 Å². The molecule has 4 nitrogen and oxygen atoms in total. The van der Waals surface area contributed by atoms with E-state index in [9.17, 15) is 5.11 Å². The molecule has 0 saturated heterocycles. The fraction of sp³-hybridized carbons (Fsp3) is 0.471. The van der Waals surface area contributed by atoms with Crippen molar-refractivity contribution in [3.63, 3.8) is 0 Å². The first-order valence-electron chi connectivity index (χ1n) is 7.63. The number of para-hydroxylation sites is 1. The molecule has 4 heteroatoms. The van der Waals surface area contributed by atoms with E-state index in [2.05, 4.69) is 12.0 Å². The number of aromatic nitrogens is 2. The monoisotopic (exact) mass is 285 g/mol. The maximum Gasteiger partial charge on any atom is 0.0888 e. The van der Waals surface area contributed by atoms with Crippen molar-refractivity contribution in [2.45, 2.75) is 32.3 Å². The Hall–Kier alpha value is -1.65. The maximum atomic E-state index is 10.8. The summed E-state index contributed by atoms with van der Waals surface area (Å²) in [6.07, 6.45) is 6.26. The number of rotatable bonds is 4. The summed E-state index contributed by atoms with van der Waals surface area (Å²) in [5.41, 5.74) is 7.67. The Labute approximate surface area is 125 Å². The Balaban J connectivity index is 1.86. The van der Waals surface area contributed by atoms with Crippen LogP contribution in [0.1, 0.15) is 37.9 Å². The van der Waals surface area contributed by atoms with Gasteiger partial charge in [-0.2, -0.15) is 5.10 Å². The van der Waals surface area contributed by atoms with E-state index in [-0.39, 0.29) is 5.41 Å². The molecule has 21 heavy (non-hydrogen) atoms. The van der Waals surface area contributed by atoms with Gasteiger partial charge in [0, 0.05) is 23.7 Å². The van der Waals surface area contributed by atoms with Crippen molar-refractivity contribution in [3.05, 3.63) is 48.3 Å². The van der Waals surface area contributed by atoms with Gasteiger partial charge in [0.1, 0.15) is 0 Å². The first kappa shape index (κ1) is 14.3. The second-order valence-electron chi connectivity index (χ2n) is 6.37. The maximum absolute atomic E-state index is 10.8. The van der Waals surface area contributed by atoms with Crippen LogP contribution in [0, 0.1) is 11.3 Å². The molecular formula is C17H23N3O. The number of nitrogens with zero attached hydrogens (tertiary/aromatic N) is 2. The highest BCUT2D eigenvalue weighted by Gasteiger charge is 2.43. The van der Waals surface area contributed by atoms with Gasteiger partial charge >= 0.3 is 0 Å². The number of benzene rings is 1. The van der Waals surface area contributed by atoms with Gasteiger partial charge in [0.2, 0.25) is 0 Å². The van der Waals surface area contributed by atoms with Gasteiger partial charge in [0.05, 0.1) is 18.0 Å². The summed E-state index contributed by atoms with van der Waals surface area (Å²) in [7, 11) is 0. The summed E-state index contributed by atoms with van der Waals surface area (Å²) < 4.78 is 1.81. The molecule has 3 N–H and O–H groups in total. The third-order valence-electron chi connectivity index (χ3n) is 4.82. The van der Waals surface area contributed by atoms with Gasteiger partial charge in [-0.05, 0) is 30.9 Å². The van der Waals surface area contributed by atoms with E-state index in [1.807, 2.05) is 36.5 Å². The summed E-state index contributed by atoms with van der Waals surface area (Å²) in [5.74, 6) is 0.632. The van der Waals surface area contributed by atoms with Gasteiger partial charge in [0.15, 0.2) is 0 Å². The molecule has 0 bridgehead atoms. The van der Waals surface area contributed by atoms with Crippen LogP contribution in [0.2, 0.25) is 0 Å². The van der Waals surface area contributed by atoms with E-state index >= 15 is 0 Å². The molecule has 0 amide bonds. The van der Waals surface area contributed by atoms with Crippen molar-refractivity contribution in [3.8, 4) is 5.69 Å². The van der Waals surface area contributed by atoms with Crippen molar-refractivity contribution in [1.29, 1.82) is 0 Å². The van der Waals surface area contributed by atoms with Gasteiger partial charge in [-0.1, -0.05) is 31.5 Å². The van der Waals surface area contributed by atoms with Gasteiger partial charge in [-0.15, -0.1) is 0 Å². The van der Waals surface area contributed by atoms with Crippen molar-refractivity contribution in [1.82, 2.24) is 9.78 Å². The molecule has 1 saturated carbocycles. The van der Waals surface area contributed by atoms with E-state index in [1.165, 1.54) is 0 Å². The Bertz CT molecular complexity index is 595. The lowest BCUT2D eigenvalue weighted by Crippen LogP contribution is -2.34. The quantitative estimate of drug-likeness (QED) is 0.907. The summed E-state index contributed by atoms with van der Waals surface area (Å²) >= 11 is 0. The van der Waals surface area contributed by atoms with Crippen molar-refractivity contribution in [2.24, 2.45) is 17.1 Å². The van der Waals surface area contributed by atoms with Crippen LogP contribution in [0.3, 0.4) is 0 Å². The number of hydrogen-bond donors (Lipinski definition) is 2. The predicted molar refractivity (Wildman–Crippen MR) is 83.0 cm³/mol. The second kappa shape index (κ2) is 5.62. The van der Waals surface area contributed by atoms with Crippen molar-refractivity contribution >= 4 is 0 Å². The third-order valence-corrected chi connectivity index (χ3v) is 4.82. The first-order valence-corrected chi connectivity index (χ1v) is 7.63. The fourth-order valence-corrected chi connectivity index (χ4v) is 3.53. The molecule has 3 atom stereocenters. The number of hydrogen-bond acceptors (Lipinski definition) is 3. The van der Waals surface area contributed by atoms with Crippen LogP contribution in [-0.2, 0) is 0 Å². The molecular weight excluding hydrogens is 262 g/mol. The fourth-order valence-electron chi connectivity index (χ4n) is 3.53. The molecule has 1 aromatic carbocycles. The Morgan fingerprint density at radius 1 is 1.43 bits per heavy atom. The molecule has 2 aromatic rings. The molecule has 1 aromatic heterocycles. The van der Waals surface area contributed by atoms with E-state index in [0.717, 1.165) is 30.5 Å². The molecule has 1 heterocycles. The lowest BCUT2D eigenvalue weighted by Gasteiger charge is -2.32. The largest absolute Gasteiger partial charge is 0.388 e. The van der Waals surface area contributed by atoms with E-state index in [4.69, 9.17) is 5.73 Å². The number of nitrogens with two attached hydrogens (primary N) is 1. The first-order chi connectivity index (χ1) is 10.1. The van der Waals surface area contributed by atoms with E-state index in [0.29, 0.717) is 12.5 Å². The van der Waals surface area contributed by atoms with Crippen LogP contribution < -0.4 is 5.73 Å². The summed E-state index contributed by atoms with van der Waals surface area (Å²) in [4.78, 5) is 0. The summed E-state index contributed by atoms with van der Waals surface area (Å²) in [6, 6.07) is 9.94. The van der Waals surface area contributed by atoms with Gasteiger partial charge in [-0.3, -0.25) is 0 Å². The number of aliphatic hydroxyl groups is 1. The van der Waals surface area contributed by atoms with Crippen LogP contribution in [0.25, 0.3) is 5.69 Å². The van der Waals surface area contributed by atoms with E-state index in [1.54, 1.807) is 10.9 Å². The minimum Gasteiger partial charge on any atom is -0.388 e. The molecule has 1 aliphatic carbocycles. The zero-order chi connectivity index (χ0) is 14.9. The predicted octanol–water partition coefficient (Wildman–Crippen LogP) is 2.67. The van der Waals surface area contributed by atoms with Crippen LogP contribution >= 0.6 is 0 Å². The molecule has 3 unspecified atom stereocenters.